The summed E-state index contributed by atoms with van der Waals surface area (Å²) in [4.78, 5) is 0. The van der Waals surface area contributed by atoms with Gasteiger partial charge in [-0.2, -0.15) is 11.8 Å². The van der Waals surface area contributed by atoms with Gasteiger partial charge in [-0.05, 0) is 58.7 Å². The Morgan fingerprint density at radius 2 is 2.24 bits per heavy atom. The van der Waals surface area contributed by atoms with Crippen molar-refractivity contribution in [2.45, 2.75) is 33.2 Å². The first-order chi connectivity index (χ1) is 10.0. The number of rotatable bonds is 3. The molecule has 1 aliphatic heterocycles. The fourth-order valence-corrected chi connectivity index (χ4v) is 4.14. The van der Waals surface area contributed by atoms with Gasteiger partial charge in [0.1, 0.15) is 6.33 Å². The van der Waals surface area contributed by atoms with Crippen LogP contribution in [0.1, 0.15) is 25.8 Å². The van der Waals surface area contributed by atoms with Crippen LogP contribution in [0.4, 0.5) is 5.69 Å². The number of thioether (sulfide) groups is 1. The minimum absolute atomic E-state index is 0.419. The summed E-state index contributed by atoms with van der Waals surface area (Å²) in [5.41, 5.74) is 3.77. The van der Waals surface area contributed by atoms with Gasteiger partial charge in [0.25, 0.3) is 0 Å². The van der Waals surface area contributed by atoms with Crippen molar-refractivity contribution in [3.8, 4) is 5.69 Å². The van der Waals surface area contributed by atoms with Crippen LogP contribution in [0.5, 0.6) is 0 Å². The molecule has 0 aliphatic carbocycles. The van der Waals surface area contributed by atoms with Crippen LogP contribution in [0.2, 0.25) is 0 Å². The number of nitrogens with zero attached hydrogens (tertiary/aromatic N) is 4. The molecule has 0 radical (unpaired) electrons. The molecule has 2 aromatic rings. The van der Waals surface area contributed by atoms with Crippen molar-refractivity contribution in [3.05, 3.63) is 30.1 Å². The van der Waals surface area contributed by atoms with Crippen molar-refractivity contribution in [1.82, 2.24) is 20.2 Å². The first-order valence-electron chi connectivity index (χ1n) is 7.22. The fraction of sp³-hybridized carbons (Fsp3) is 0.533. The maximum Gasteiger partial charge on any atom is 0.143 e. The molecular formula is C15H21N5S. The molecule has 112 valence electrons. The quantitative estimate of drug-likeness (QED) is 0.945. The summed E-state index contributed by atoms with van der Waals surface area (Å²) < 4.78 is 1.69. The van der Waals surface area contributed by atoms with Gasteiger partial charge in [0, 0.05) is 17.5 Å². The molecule has 0 amide bonds. The van der Waals surface area contributed by atoms with Crippen LogP contribution < -0.4 is 5.32 Å². The third kappa shape index (κ3) is 3.37. The molecular weight excluding hydrogens is 282 g/mol. The van der Waals surface area contributed by atoms with E-state index in [1.165, 1.54) is 23.6 Å². The number of aromatic nitrogens is 4. The Bertz CT molecular complexity index is 609. The van der Waals surface area contributed by atoms with Gasteiger partial charge in [0.2, 0.25) is 0 Å². The first-order valence-corrected chi connectivity index (χ1v) is 8.37. The van der Waals surface area contributed by atoms with Crippen molar-refractivity contribution in [2.75, 3.05) is 16.8 Å². The molecule has 5 nitrogen and oxygen atoms in total. The molecule has 1 atom stereocenters. The lowest BCUT2D eigenvalue weighted by Crippen LogP contribution is -2.35. The summed E-state index contributed by atoms with van der Waals surface area (Å²) >= 11 is 2.04. The number of anilines is 1. The molecule has 1 N–H and O–H groups in total. The Balaban J connectivity index is 1.74. The monoisotopic (exact) mass is 303 g/mol. The average molecular weight is 303 g/mol. The summed E-state index contributed by atoms with van der Waals surface area (Å²) in [6.07, 6.45) is 2.84. The smallest absolute Gasteiger partial charge is 0.143 e. The predicted molar refractivity (Wildman–Crippen MR) is 87.0 cm³/mol. The van der Waals surface area contributed by atoms with E-state index in [0.717, 1.165) is 11.3 Å². The van der Waals surface area contributed by atoms with Crippen LogP contribution in [-0.4, -0.2) is 37.8 Å². The maximum absolute atomic E-state index is 3.94. The van der Waals surface area contributed by atoms with Gasteiger partial charge in [-0.1, -0.05) is 13.8 Å². The summed E-state index contributed by atoms with van der Waals surface area (Å²) in [7, 11) is 0. The second-order valence-electron chi connectivity index (χ2n) is 6.48. The van der Waals surface area contributed by atoms with E-state index in [4.69, 9.17) is 0 Å². The van der Waals surface area contributed by atoms with E-state index in [0.29, 0.717) is 11.5 Å². The molecule has 1 aromatic carbocycles. The third-order valence-corrected chi connectivity index (χ3v) is 5.40. The summed E-state index contributed by atoms with van der Waals surface area (Å²) in [5, 5.41) is 15.0. The lowest BCUT2D eigenvalue weighted by Gasteiger charge is -2.35. The van der Waals surface area contributed by atoms with E-state index >= 15 is 0 Å². The topological polar surface area (TPSA) is 55.6 Å². The summed E-state index contributed by atoms with van der Waals surface area (Å²) in [5.74, 6) is 2.43. The highest BCUT2D eigenvalue weighted by Crippen LogP contribution is 2.34. The van der Waals surface area contributed by atoms with E-state index in [2.05, 4.69) is 59.8 Å². The third-order valence-electron chi connectivity index (χ3n) is 3.77. The zero-order chi connectivity index (χ0) is 14.9. The van der Waals surface area contributed by atoms with E-state index < -0.39 is 0 Å². The minimum atomic E-state index is 0.419. The number of tetrazole rings is 1. The van der Waals surface area contributed by atoms with Crippen molar-refractivity contribution in [3.63, 3.8) is 0 Å². The zero-order valence-corrected chi connectivity index (χ0v) is 13.5. The molecule has 0 spiro atoms. The van der Waals surface area contributed by atoms with Gasteiger partial charge < -0.3 is 5.32 Å². The number of benzene rings is 1. The predicted octanol–water partition coefficient (Wildman–Crippen LogP) is 2.91. The minimum Gasteiger partial charge on any atom is -0.381 e. The second kappa shape index (κ2) is 5.67. The Kier molecular flexibility index (Phi) is 3.89. The highest BCUT2D eigenvalue weighted by molar-refractivity contribution is 7.99. The van der Waals surface area contributed by atoms with E-state index in [-0.39, 0.29) is 0 Å². The molecule has 0 saturated carbocycles. The Morgan fingerprint density at radius 1 is 1.38 bits per heavy atom. The van der Waals surface area contributed by atoms with Crippen molar-refractivity contribution in [1.29, 1.82) is 0 Å². The number of nitrogens with one attached hydrogen (secondary N) is 1. The van der Waals surface area contributed by atoms with Crippen LogP contribution in [0, 0.1) is 12.3 Å². The van der Waals surface area contributed by atoms with Gasteiger partial charge >= 0.3 is 0 Å². The average Bonchev–Trinajstić information content (AvgIpc) is 2.91. The lowest BCUT2D eigenvalue weighted by atomic mass is 9.88. The molecule has 1 aliphatic rings. The van der Waals surface area contributed by atoms with Crippen molar-refractivity contribution >= 4 is 17.4 Å². The molecule has 1 saturated heterocycles. The number of hydrogen-bond acceptors (Lipinski definition) is 5. The molecule has 1 unspecified atom stereocenters. The summed E-state index contributed by atoms with van der Waals surface area (Å²) in [6.45, 7) is 6.78. The standard InChI is InChI=1S/C15H21N5S/c1-11-6-12(4-5-14(11)20-10-16-18-19-20)17-13-7-15(2,3)9-21-8-13/h4-6,10,13,17H,7-9H2,1-3H3. The SMILES string of the molecule is Cc1cc(NC2CSCC(C)(C)C2)ccc1-n1cnnn1. The normalized spacial score (nSPS) is 21.2. The maximum atomic E-state index is 3.94. The second-order valence-corrected chi connectivity index (χ2v) is 7.51. The highest BCUT2D eigenvalue weighted by atomic mass is 32.2. The molecule has 0 bridgehead atoms. The van der Waals surface area contributed by atoms with Gasteiger partial charge in [0.15, 0.2) is 0 Å². The molecule has 2 heterocycles. The van der Waals surface area contributed by atoms with Gasteiger partial charge in [-0.15, -0.1) is 5.10 Å². The van der Waals surface area contributed by atoms with Crippen LogP contribution in [0.15, 0.2) is 24.5 Å². The highest BCUT2D eigenvalue weighted by Gasteiger charge is 2.28. The number of hydrogen-bond donors (Lipinski definition) is 1. The Morgan fingerprint density at radius 3 is 2.90 bits per heavy atom. The summed E-state index contributed by atoms with van der Waals surface area (Å²) in [6, 6.07) is 6.88. The van der Waals surface area contributed by atoms with E-state index in [1.54, 1.807) is 11.0 Å². The van der Waals surface area contributed by atoms with Gasteiger partial charge in [-0.25, -0.2) is 4.68 Å². The van der Waals surface area contributed by atoms with Gasteiger partial charge in [-0.3, -0.25) is 0 Å². The largest absolute Gasteiger partial charge is 0.381 e. The molecule has 1 aromatic heterocycles. The molecule has 3 rings (SSSR count). The zero-order valence-electron chi connectivity index (χ0n) is 12.7. The van der Waals surface area contributed by atoms with Crippen LogP contribution >= 0.6 is 11.8 Å². The van der Waals surface area contributed by atoms with Crippen LogP contribution in [0.3, 0.4) is 0 Å². The van der Waals surface area contributed by atoms with E-state index in [1.807, 2.05) is 11.8 Å². The van der Waals surface area contributed by atoms with Crippen LogP contribution in [-0.2, 0) is 0 Å². The lowest BCUT2D eigenvalue weighted by molar-refractivity contribution is 0.358. The van der Waals surface area contributed by atoms with Gasteiger partial charge in [0.05, 0.1) is 5.69 Å². The molecule has 1 fully saturated rings. The van der Waals surface area contributed by atoms with Crippen LogP contribution in [0.25, 0.3) is 5.69 Å². The first kappa shape index (κ1) is 14.4. The Hall–Kier alpha value is -1.56. The fourth-order valence-electron chi connectivity index (χ4n) is 2.86. The number of aryl methyl sites for hydroxylation is 1. The van der Waals surface area contributed by atoms with Crippen molar-refractivity contribution < 1.29 is 0 Å². The van der Waals surface area contributed by atoms with E-state index in [9.17, 15) is 0 Å². The molecule has 21 heavy (non-hydrogen) atoms. The molecule has 6 heteroatoms. The Labute approximate surface area is 129 Å². The van der Waals surface area contributed by atoms with Crippen molar-refractivity contribution in [2.24, 2.45) is 5.41 Å².